The Kier molecular flexibility index (Phi) is 5.00. The number of carbonyl (C=O) groups is 1. The van der Waals surface area contributed by atoms with Gasteiger partial charge >= 0.3 is 0 Å². The second kappa shape index (κ2) is 7.73. The van der Waals surface area contributed by atoms with E-state index >= 15 is 0 Å². The molecule has 1 aromatic carbocycles. The summed E-state index contributed by atoms with van der Waals surface area (Å²) in [6, 6.07) is 11.3. The van der Waals surface area contributed by atoms with Crippen LogP contribution in [0.2, 0.25) is 0 Å². The quantitative estimate of drug-likeness (QED) is 0.704. The monoisotopic (exact) mass is 365 g/mol. The molecule has 4 rings (SSSR count). The Morgan fingerprint density at radius 2 is 2.00 bits per heavy atom. The number of hydrogen-bond acceptors (Lipinski definition) is 5. The number of aryl methyl sites for hydroxylation is 1. The third kappa shape index (κ3) is 3.49. The van der Waals surface area contributed by atoms with Gasteiger partial charge in [-0.3, -0.25) is 9.48 Å². The van der Waals surface area contributed by atoms with Crippen LogP contribution in [0.5, 0.6) is 0 Å². The second-order valence-corrected chi connectivity index (χ2v) is 6.71. The van der Waals surface area contributed by atoms with Crippen molar-refractivity contribution in [2.24, 2.45) is 0 Å². The fourth-order valence-electron chi connectivity index (χ4n) is 3.59. The van der Waals surface area contributed by atoms with Crippen LogP contribution in [0, 0.1) is 0 Å². The summed E-state index contributed by atoms with van der Waals surface area (Å²) in [6.07, 6.45) is 5.59. The molecule has 27 heavy (non-hydrogen) atoms. The zero-order valence-corrected chi connectivity index (χ0v) is 15.4. The van der Waals surface area contributed by atoms with Crippen molar-refractivity contribution in [3.8, 4) is 11.5 Å². The van der Waals surface area contributed by atoms with Crippen LogP contribution in [0.3, 0.4) is 0 Å². The van der Waals surface area contributed by atoms with Gasteiger partial charge in [0.15, 0.2) is 0 Å². The molecule has 1 aliphatic rings. The number of aromatic nitrogens is 4. The summed E-state index contributed by atoms with van der Waals surface area (Å²) in [5, 5.41) is 12.7. The highest BCUT2D eigenvalue weighted by Crippen LogP contribution is 2.32. The van der Waals surface area contributed by atoms with E-state index in [0.717, 1.165) is 31.2 Å². The van der Waals surface area contributed by atoms with Gasteiger partial charge < -0.3 is 9.32 Å². The van der Waals surface area contributed by atoms with E-state index in [4.69, 9.17) is 4.42 Å². The molecule has 3 heterocycles. The normalized spacial score (nSPS) is 17.7. The van der Waals surface area contributed by atoms with Gasteiger partial charge in [0.2, 0.25) is 11.8 Å². The first-order chi connectivity index (χ1) is 13.3. The Hall–Kier alpha value is -2.96. The SMILES string of the molecule is CCn1nccc1C(=O)N1CCCCCC1c1nnc(-c2ccccc2)o1. The molecule has 7 nitrogen and oxygen atoms in total. The number of likely N-dealkylation sites (tertiary alicyclic amines) is 1. The molecule has 0 aliphatic carbocycles. The molecule has 0 N–H and O–H groups in total. The highest BCUT2D eigenvalue weighted by molar-refractivity contribution is 5.92. The fraction of sp³-hybridized carbons (Fsp3) is 0.400. The average Bonchev–Trinajstić information content (AvgIpc) is 3.32. The third-order valence-electron chi connectivity index (χ3n) is 5.00. The standard InChI is InChI=1S/C20H23N5O2/c1-2-25-17(12-13-21-25)20(26)24-14-8-4-7-11-16(24)19-23-22-18(27-19)15-9-5-3-6-10-15/h3,5-6,9-10,12-13,16H,2,4,7-8,11,14H2,1H3. The zero-order chi connectivity index (χ0) is 18.6. The molecule has 1 saturated heterocycles. The van der Waals surface area contributed by atoms with Gasteiger partial charge in [-0.2, -0.15) is 5.10 Å². The van der Waals surface area contributed by atoms with Crippen LogP contribution >= 0.6 is 0 Å². The van der Waals surface area contributed by atoms with Crippen molar-refractivity contribution in [1.29, 1.82) is 0 Å². The number of amides is 1. The van der Waals surface area contributed by atoms with Gasteiger partial charge in [0.25, 0.3) is 5.91 Å². The maximum absolute atomic E-state index is 13.2. The summed E-state index contributed by atoms with van der Waals surface area (Å²) in [5.74, 6) is 0.966. The van der Waals surface area contributed by atoms with E-state index in [-0.39, 0.29) is 11.9 Å². The van der Waals surface area contributed by atoms with Crippen LogP contribution in [0.4, 0.5) is 0 Å². The molecule has 1 aliphatic heterocycles. The summed E-state index contributed by atoms with van der Waals surface area (Å²) in [5.41, 5.74) is 1.49. The van der Waals surface area contributed by atoms with Crippen molar-refractivity contribution >= 4 is 5.91 Å². The van der Waals surface area contributed by atoms with E-state index in [2.05, 4.69) is 15.3 Å². The number of rotatable bonds is 4. The number of carbonyl (C=O) groups excluding carboxylic acids is 1. The molecule has 1 amide bonds. The van der Waals surface area contributed by atoms with E-state index in [1.165, 1.54) is 0 Å². The lowest BCUT2D eigenvalue weighted by Crippen LogP contribution is -2.36. The first-order valence-electron chi connectivity index (χ1n) is 9.49. The number of nitrogens with zero attached hydrogens (tertiary/aromatic N) is 5. The van der Waals surface area contributed by atoms with E-state index < -0.39 is 0 Å². The minimum absolute atomic E-state index is 0.0271. The molecule has 0 spiro atoms. The number of benzene rings is 1. The summed E-state index contributed by atoms with van der Waals surface area (Å²) in [7, 11) is 0. The summed E-state index contributed by atoms with van der Waals surface area (Å²) in [4.78, 5) is 15.1. The molecule has 0 bridgehead atoms. The molecule has 0 saturated carbocycles. The smallest absolute Gasteiger partial charge is 0.272 e. The van der Waals surface area contributed by atoms with Gasteiger partial charge in [-0.25, -0.2) is 0 Å². The molecule has 3 aromatic rings. The lowest BCUT2D eigenvalue weighted by atomic mass is 10.1. The fourth-order valence-corrected chi connectivity index (χ4v) is 3.59. The zero-order valence-electron chi connectivity index (χ0n) is 15.4. The van der Waals surface area contributed by atoms with Crippen LogP contribution in [0.15, 0.2) is 47.0 Å². The Morgan fingerprint density at radius 3 is 2.81 bits per heavy atom. The Bertz CT molecular complexity index is 902. The molecule has 1 atom stereocenters. The molecule has 1 fully saturated rings. The lowest BCUT2D eigenvalue weighted by molar-refractivity contribution is 0.0640. The first-order valence-corrected chi connectivity index (χ1v) is 9.49. The van der Waals surface area contributed by atoms with E-state index in [9.17, 15) is 4.79 Å². The summed E-state index contributed by atoms with van der Waals surface area (Å²) >= 11 is 0. The van der Waals surface area contributed by atoms with Gasteiger partial charge in [-0.1, -0.05) is 31.0 Å². The summed E-state index contributed by atoms with van der Waals surface area (Å²) < 4.78 is 7.71. The highest BCUT2D eigenvalue weighted by atomic mass is 16.4. The highest BCUT2D eigenvalue weighted by Gasteiger charge is 2.32. The topological polar surface area (TPSA) is 77.1 Å². The summed E-state index contributed by atoms with van der Waals surface area (Å²) in [6.45, 7) is 3.32. The predicted octanol–water partition coefficient (Wildman–Crippen LogP) is 3.71. The van der Waals surface area contributed by atoms with Crippen molar-refractivity contribution in [1.82, 2.24) is 24.9 Å². The van der Waals surface area contributed by atoms with Gasteiger partial charge in [0.1, 0.15) is 11.7 Å². The Labute approximate surface area is 158 Å². The van der Waals surface area contributed by atoms with Crippen LogP contribution in [0.25, 0.3) is 11.5 Å². The maximum atomic E-state index is 13.2. The molecule has 2 aromatic heterocycles. The molecule has 7 heteroatoms. The minimum Gasteiger partial charge on any atom is -0.418 e. The maximum Gasteiger partial charge on any atom is 0.272 e. The van der Waals surface area contributed by atoms with Gasteiger partial charge in [0.05, 0.1) is 0 Å². The van der Waals surface area contributed by atoms with E-state index in [0.29, 0.717) is 30.6 Å². The minimum atomic E-state index is -0.204. The van der Waals surface area contributed by atoms with Crippen LogP contribution < -0.4 is 0 Å². The Balaban J connectivity index is 1.65. The molecule has 1 unspecified atom stereocenters. The van der Waals surface area contributed by atoms with E-state index in [1.54, 1.807) is 16.9 Å². The van der Waals surface area contributed by atoms with Crippen LogP contribution in [-0.2, 0) is 6.54 Å². The lowest BCUT2D eigenvalue weighted by Gasteiger charge is -2.27. The van der Waals surface area contributed by atoms with Crippen LogP contribution in [-0.4, -0.2) is 37.3 Å². The second-order valence-electron chi connectivity index (χ2n) is 6.71. The van der Waals surface area contributed by atoms with E-state index in [1.807, 2.05) is 42.2 Å². The Morgan fingerprint density at radius 1 is 1.15 bits per heavy atom. The van der Waals surface area contributed by atoms with Gasteiger partial charge in [-0.15, -0.1) is 10.2 Å². The first kappa shape index (κ1) is 17.5. The van der Waals surface area contributed by atoms with Crippen molar-refractivity contribution in [2.75, 3.05) is 6.54 Å². The largest absolute Gasteiger partial charge is 0.418 e. The molecule has 0 radical (unpaired) electrons. The van der Waals surface area contributed by atoms with Gasteiger partial charge in [-0.05, 0) is 38.0 Å². The van der Waals surface area contributed by atoms with Crippen LogP contribution in [0.1, 0.15) is 55.0 Å². The number of hydrogen-bond donors (Lipinski definition) is 0. The third-order valence-corrected chi connectivity index (χ3v) is 5.00. The van der Waals surface area contributed by atoms with Crippen molar-refractivity contribution in [3.05, 3.63) is 54.2 Å². The van der Waals surface area contributed by atoms with Crippen molar-refractivity contribution in [2.45, 2.75) is 45.2 Å². The predicted molar refractivity (Wildman–Crippen MR) is 99.9 cm³/mol. The molecule has 140 valence electrons. The average molecular weight is 365 g/mol. The van der Waals surface area contributed by atoms with Crippen molar-refractivity contribution in [3.63, 3.8) is 0 Å². The molecular formula is C20H23N5O2. The molecular weight excluding hydrogens is 342 g/mol. The van der Waals surface area contributed by atoms with Crippen molar-refractivity contribution < 1.29 is 9.21 Å². The van der Waals surface area contributed by atoms with Gasteiger partial charge in [0, 0.05) is 24.8 Å².